The lowest BCUT2D eigenvalue weighted by Crippen LogP contribution is -2.50. The van der Waals surface area contributed by atoms with Crippen LogP contribution in [0.25, 0.3) is 0 Å². The van der Waals surface area contributed by atoms with E-state index in [1.807, 2.05) is 4.90 Å². The van der Waals surface area contributed by atoms with Crippen LogP contribution in [0.4, 0.5) is 0 Å². The minimum absolute atomic E-state index is 0.0274. The zero-order valence-electron chi connectivity index (χ0n) is 10.9. The van der Waals surface area contributed by atoms with Gasteiger partial charge in [-0.2, -0.15) is 0 Å². The Morgan fingerprint density at radius 1 is 1.33 bits per heavy atom. The van der Waals surface area contributed by atoms with Crippen LogP contribution < -0.4 is 5.32 Å². The van der Waals surface area contributed by atoms with Gasteiger partial charge >= 0.3 is 0 Å². The van der Waals surface area contributed by atoms with Crippen molar-refractivity contribution in [3.8, 4) is 0 Å². The Bertz CT molecular complexity index is 458. The third-order valence-corrected chi connectivity index (χ3v) is 4.22. The number of nitrogens with one attached hydrogen (secondary N) is 1. The number of fused-ring (bicyclic) bond motifs is 1. The Morgan fingerprint density at radius 3 is 2.83 bits per heavy atom. The molecule has 3 nitrogen and oxygen atoms in total. The van der Waals surface area contributed by atoms with Crippen molar-refractivity contribution in [3.63, 3.8) is 0 Å². The number of hydrogen-bond acceptors (Lipinski definition) is 2. The molecule has 0 aromatic heterocycles. The highest BCUT2D eigenvalue weighted by Gasteiger charge is 2.32. The van der Waals surface area contributed by atoms with E-state index >= 15 is 0 Å². The summed E-state index contributed by atoms with van der Waals surface area (Å²) in [7, 11) is 0. The van der Waals surface area contributed by atoms with Gasteiger partial charge in [-0.3, -0.25) is 4.79 Å². The second kappa shape index (κ2) is 4.73. The summed E-state index contributed by atoms with van der Waals surface area (Å²) in [4.78, 5) is 14.5. The van der Waals surface area contributed by atoms with E-state index in [0.717, 1.165) is 32.4 Å². The van der Waals surface area contributed by atoms with E-state index in [1.165, 1.54) is 11.1 Å². The topological polar surface area (TPSA) is 32.3 Å². The normalized spacial score (nSPS) is 27.1. The Hall–Kier alpha value is -1.35. The first kappa shape index (κ1) is 11.7. The third kappa shape index (κ3) is 2.03. The van der Waals surface area contributed by atoms with Crippen LogP contribution in [0.2, 0.25) is 0 Å². The Balaban J connectivity index is 1.74. The first-order chi connectivity index (χ1) is 8.75. The molecule has 0 aliphatic carbocycles. The van der Waals surface area contributed by atoms with Crippen molar-refractivity contribution in [1.82, 2.24) is 10.2 Å². The summed E-state index contributed by atoms with van der Waals surface area (Å²) in [6, 6.07) is 8.79. The SMILES string of the molecule is CC1CCCN1C(=O)[C@H]1Cc2ccccc2CN1. The van der Waals surface area contributed by atoms with E-state index in [2.05, 4.69) is 36.5 Å². The van der Waals surface area contributed by atoms with Gasteiger partial charge in [-0.1, -0.05) is 24.3 Å². The maximum Gasteiger partial charge on any atom is 0.240 e. The van der Waals surface area contributed by atoms with Crippen molar-refractivity contribution in [2.45, 2.75) is 44.8 Å². The molecule has 96 valence electrons. The molecular formula is C15H20N2O. The fourth-order valence-corrected chi connectivity index (χ4v) is 3.09. The van der Waals surface area contributed by atoms with E-state index in [9.17, 15) is 4.79 Å². The van der Waals surface area contributed by atoms with Crippen LogP contribution in [0.1, 0.15) is 30.9 Å². The summed E-state index contributed by atoms with van der Waals surface area (Å²) in [5, 5.41) is 3.38. The second-order valence-electron chi connectivity index (χ2n) is 5.43. The van der Waals surface area contributed by atoms with E-state index in [0.29, 0.717) is 6.04 Å². The van der Waals surface area contributed by atoms with E-state index in [-0.39, 0.29) is 11.9 Å². The number of hydrogen-bond donors (Lipinski definition) is 1. The van der Waals surface area contributed by atoms with Gasteiger partial charge in [0, 0.05) is 19.1 Å². The minimum Gasteiger partial charge on any atom is -0.339 e. The molecule has 1 aromatic rings. The second-order valence-corrected chi connectivity index (χ2v) is 5.43. The third-order valence-electron chi connectivity index (χ3n) is 4.22. The van der Waals surface area contributed by atoms with Crippen molar-refractivity contribution in [2.75, 3.05) is 6.54 Å². The van der Waals surface area contributed by atoms with Gasteiger partial charge in [0.05, 0.1) is 6.04 Å². The van der Waals surface area contributed by atoms with Crippen LogP contribution in [-0.2, 0) is 17.8 Å². The van der Waals surface area contributed by atoms with E-state index < -0.39 is 0 Å². The highest BCUT2D eigenvalue weighted by molar-refractivity contribution is 5.83. The smallest absolute Gasteiger partial charge is 0.240 e. The molecule has 18 heavy (non-hydrogen) atoms. The van der Waals surface area contributed by atoms with Gasteiger partial charge in [0.15, 0.2) is 0 Å². The monoisotopic (exact) mass is 244 g/mol. The molecule has 2 aliphatic rings. The Labute approximate surface area is 108 Å². The lowest BCUT2D eigenvalue weighted by Gasteiger charge is -2.31. The number of amides is 1. The lowest BCUT2D eigenvalue weighted by molar-refractivity contribution is -0.134. The summed E-state index contributed by atoms with van der Waals surface area (Å²) in [6.07, 6.45) is 3.13. The van der Waals surface area contributed by atoms with Gasteiger partial charge in [0.1, 0.15) is 0 Å². The summed E-state index contributed by atoms with van der Waals surface area (Å²) in [6.45, 7) is 3.90. The average molecular weight is 244 g/mol. The maximum absolute atomic E-state index is 12.5. The molecule has 2 heterocycles. The molecule has 3 rings (SSSR count). The maximum atomic E-state index is 12.5. The summed E-state index contributed by atoms with van der Waals surface area (Å²) in [5.41, 5.74) is 2.65. The molecule has 1 N–H and O–H groups in total. The molecule has 0 radical (unpaired) electrons. The van der Waals surface area contributed by atoms with E-state index in [1.54, 1.807) is 0 Å². The quantitative estimate of drug-likeness (QED) is 0.815. The van der Waals surface area contributed by atoms with Gasteiger partial charge in [-0.05, 0) is 37.3 Å². The number of likely N-dealkylation sites (tertiary alicyclic amines) is 1. The molecule has 0 spiro atoms. The Morgan fingerprint density at radius 2 is 2.11 bits per heavy atom. The van der Waals surface area contributed by atoms with Crippen molar-refractivity contribution in [3.05, 3.63) is 35.4 Å². The van der Waals surface area contributed by atoms with Crippen molar-refractivity contribution < 1.29 is 4.79 Å². The van der Waals surface area contributed by atoms with Gasteiger partial charge in [0.2, 0.25) is 5.91 Å². The van der Waals surface area contributed by atoms with Gasteiger partial charge in [-0.25, -0.2) is 0 Å². The fraction of sp³-hybridized carbons (Fsp3) is 0.533. The molecular weight excluding hydrogens is 224 g/mol. The highest BCUT2D eigenvalue weighted by Crippen LogP contribution is 2.21. The number of rotatable bonds is 1. The van der Waals surface area contributed by atoms with Crippen LogP contribution in [-0.4, -0.2) is 29.4 Å². The van der Waals surface area contributed by atoms with Crippen LogP contribution >= 0.6 is 0 Å². The Kier molecular flexibility index (Phi) is 3.08. The number of benzene rings is 1. The largest absolute Gasteiger partial charge is 0.339 e. The summed E-state index contributed by atoms with van der Waals surface area (Å²) in [5.74, 6) is 0.287. The summed E-state index contributed by atoms with van der Waals surface area (Å²) >= 11 is 0. The molecule has 1 fully saturated rings. The molecule has 1 amide bonds. The van der Waals surface area contributed by atoms with Gasteiger partial charge in [0.25, 0.3) is 0 Å². The van der Waals surface area contributed by atoms with Crippen molar-refractivity contribution in [1.29, 1.82) is 0 Å². The minimum atomic E-state index is -0.0274. The van der Waals surface area contributed by atoms with Gasteiger partial charge < -0.3 is 10.2 Å². The average Bonchev–Trinajstić information content (AvgIpc) is 2.83. The predicted molar refractivity (Wildman–Crippen MR) is 71.2 cm³/mol. The fourth-order valence-electron chi connectivity index (χ4n) is 3.09. The molecule has 3 heteroatoms. The summed E-state index contributed by atoms with van der Waals surface area (Å²) < 4.78 is 0. The zero-order valence-corrected chi connectivity index (χ0v) is 10.9. The standard InChI is InChI=1S/C15H20N2O/c1-11-5-4-8-17(11)15(18)14-9-12-6-2-3-7-13(12)10-16-14/h2-3,6-7,11,14,16H,4-5,8-10H2,1H3/t11?,14-/m1/s1. The van der Waals surface area contributed by atoms with E-state index in [4.69, 9.17) is 0 Å². The van der Waals surface area contributed by atoms with Gasteiger partial charge in [-0.15, -0.1) is 0 Å². The lowest BCUT2D eigenvalue weighted by atomic mass is 9.95. The van der Waals surface area contributed by atoms with Crippen molar-refractivity contribution >= 4 is 5.91 Å². The zero-order chi connectivity index (χ0) is 12.5. The molecule has 1 aromatic carbocycles. The first-order valence-corrected chi connectivity index (χ1v) is 6.86. The van der Waals surface area contributed by atoms with Crippen molar-refractivity contribution in [2.24, 2.45) is 0 Å². The molecule has 0 saturated carbocycles. The molecule has 2 aliphatic heterocycles. The van der Waals surface area contributed by atoms with Crippen LogP contribution in [0, 0.1) is 0 Å². The molecule has 1 unspecified atom stereocenters. The number of carbonyl (C=O) groups is 1. The molecule has 2 atom stereocenters. The predicted octanol–water partition coefficient (Wildman–Crippen LogP) is 1.71. The first-order valence-electron chi connectivity index (χ1n) is 6.86. The highest BCUT2D eigenvalue weighted by atomic mass is 16.2. The molecule has 1 saturated heterocycles. The van der Waals surface area contributed by atoms with Crippen LogP contribution in [0.15, 0.2) is 24.3 Å². The number of carbonyl (C=O) groups excluding carboxylic acids is 1. The van der Waals surface area contributed by atoms with Crippen LogP contribution in [0.3, 0.4) is 0 Å². The number of nitrogens with zero attached hydrogens (tertiary/aromatic N) is 1. The molecule has 0 bridgehead atoms. The van der Waals surface area contributed by atoms with Crippen LogP contribution in [0.5, 0.6) is 0 Å².